The molecule has 5 heteroatoms. The van der Waals surface area contributed by atoms with Crippen LogP contribution in [0.4, 0.5) is 0 Å². The molecular formula is C25H36N2O2S. The van der Waals surface area contributed by atoms with Crippen LogP contribution in [0, 0.1) is 0 Å². The molecular weight excluding hydrogens is 392 g/mol. The summed E-state index contributed by atoms with van der Waals surface area (Å²) in [7, 11) is -3.54. The first kappa shape index (κ1) is 24.3. The Kier molecular flexibility index (Phi) is 11.5. The molecule has 0 amide bonds. The molecule has 0 aromatic heterocycles. The fraction of sp³-hybridized carbons (Fsp3) is 0.440. The van der Waals surface area contributed by atoms with Crippen molar-refractivity contribution in [2.45, 2.75) is 70.8 Å². The number of nitrogens with one attached hydrogen (secondary N) is 2. The van der Waals surface area contributed by atoms with E-state index >= 15 is 0 Å². The largest absolute Gasteiger partial charge is 0.246 e. The zero-order valence-corrected chi connectivity index (χ0v) is 18.9. The first-order valence-electron chi connectivity index (χ1n) is 11.2. The molecule has 2 aromatic carbocycles. The highest BCUT2D eigenvalue weighted by Gasteiger charge is 2.15. The molecule has 0 unspecified atom stereocenters. The van der Waals surface area contributed by atoms with Gasteiger partial charge in [0.05, 0.1) is 6.04 Å². The minimum Gasteiger partial charge on any atom is -0.232 e. The smallest absolute Gasteiger partial charge is 0.232 e. The minimum atomic E-state index is -3.54. The van der Waals surface area contributed by atoms with Crippen LogP contribution in [0.3, 0.4) is 0 Å². The van der Waals surface area contributed by atoms with E-state index in [1.807, 2.05) is 60.7 Å². The molecule has 2 rings (SSSR count). The molecule has 0 saturated heterocycles. The Balaban J connectivity index is 1.78. The number of hydrogen-bond donors (Lipinski definition) is 2. The van der Waals surface area contributed by atoms with Crippen LogP contribution >= 0.6 is 0 Å². The van der Waals surface area contributed by atoms with Crippen LogP contribution in [0.1, 0.15) is 81.9 Å². The van der Waals surface area contributed by atoms with Crippen LogP contribution in [0.15, 0.2) is 72.1 Å². The van der Waals surface area contributed by atoms with Gasteiger partial charge in [0.25, 0.3) is 0 Å². The highest BCUT2D eigenvalue weighted by atomic mass is 32.2. The number of benzene rings is 2. The summed E-state index contributed by atoms with van der Waals surface area (Å²) in [6.07, 6.45) is 12.5. The second kappa shape index (κ2) is 14.1. The summed E-state index contributed by atoms with van der Waals surface area (Å²) < 4.78 is 24.7. The molecule has 2 aromatic rings. The second-order valence-corrected chi connectivity index (χ2v) is 9.25. The van der Waals surface area contributed by atoms with Crippen LogP contribution < -0.4 is 10.3 Å². The summed E-state index contributed by atoms with van der Waals surface area (Å²) in [6, 6.07) is 19.4. The van der Waals surface area contributed by atoms with Gasteiger partial charge in [0.15, 0.2) is 0 Å². The van der Waals surface area contributed by atoms with Gasteiger partial charge in [-0.2, -0.15) is 0 Å². The molecule has 0 radical (unpaired) electrons. The van der Waals surface area contributed by atoms with Crippen molar-refractivity contribution in [3.63, 3.8) is 0 Å². The Morgan fingerprint density at radius 2 is 1.27 bits per heavy atom. The molecule has 4 nitrogen and oxygen atoms in total. The predicted octanol–water partition coefficient (Wildman–Crippen LogP) is 6.24. The topological polar surface area (TPSA) is 58.2 Å². The number of hydrogen-bond acceptors (Lipinski definition) is 3. The standard InChI is InChI=1S/C25H36N2O2S/c1-2-3-4-5-6-7-8-9-10-17-22-30(28,29)27-26-25(23-18-13-11-14-19-23)24-20-15-12-16-21-24/h11-22,25-27H,2-10H2,1H3. The summed E-state index contributed by atoms with van der Waals surface area (Å²) in [5.74, 6) is 0. The highest BCUT2D eigenvalue weighted by molar-refractivity contribution is 7.92. The van der Waals surface area contributed by atoms with E-state index < -0.39 is 10.0 Å². The summed E-state index contributed by atoms with van der Waals surface area (Å²) in [6.45, 7) is 2.23. The number of hydrazine groups is 1. The molecule has 0 aliphatic carbocycles. The van der Waals surface area contributed by atoms with Crippen LogP contribution in [-0.4, -0.2) is 8.42 Å². The van der Waals surface area contributed by atoms with Crippen LogP contribution in [0.25, 0.3) is 0 Å². The molecule has 0 atom stereocenters. The van der Waals surface area contributed by atoms with Crippen molar-refractivity contribution < 1.29 is 8.42 Å². The molecule has 0 aliphatic heterocycles. The first-order chi connectivity index (χ1) is 14.6. The Labute approximate surface area is 182 Å². The van der Waals surface area contributed by atoms with Gasteiger partial charge in [-0.25, -0.2) is 13.8 Å². The molecule has 164 valence electrons. The fourth-order valence-electron chi connectivity index (χ4n) is 3.42. The summed E-state index contributed by atoms with van der Waals surface area (Å²) in [5, 5.41) is 1.27. The highest BCUT2D eigenvalue weighted by Crippen LogP contribution is 2.21. The maximum atomic E-state index is 12.4. The van der Waals surface area contributed by atoms with Crippen molar-refractivity contribution >= 4 is 10.0 Å². The molecule has 30 heavy (non-hydrogen) atoms. The molecule has 0 bridgehead atoms. The average Bonchev–Trinajstić information content (AvgIpc) is 2.76. The average molecular weight is 429 g/mol. The minimum absolute atomic E-state index is 0.261. The summed E-state index contributed by atoms with van der Waals surface area (Å²) in [5.41, 5.74) is 4.98. The van der Waals surface area contributed by atoms with Gasteiger partial charge in [0, 0.05) is 5.41 Å². The van der Waals surface area contributed by atoms with E-state index in [9.17, 15) is 8.42 Å². The van der Waals surface area contributed by atoms with Gasteiger partial charge in [0.2, 0.25) is 10.0 Å². The summed E-state index contributed by atoms with van der Waals surface area (Å²) in [4.78, 5) is 2.52. The van der Waals surface area contributed by atoms with Crippen molar-refractivity contribution in [3.05, 3.63) is 83.3 Å². The van der Waals surface area contributed by atoms with Gasteiger partial charge in [-0.3, -0.25) is 0 Å². The zero-order valence-electron chi connectivity index (χ0n) is 18.1. The number of unbranched alkanes of at least 4 members (excludes halogenated alkanes) is 8. The molecule has 2 N–H and O–H groups in total. The molecule has 0 saturated carbocycles. The van der Waals surface area contributed by atoms with Crippen molar-refractivity contribution in [2.24, 2.45) is 0 Å². The van der Waals surface area contributed by atoms with Gasteiger partial charge >= 0.3 is 0 Å². The third-order valence-corrected chi connectivity index (χ3v) is 6.06. The van der Waals surface area contributed by atoms with E-state index in [0.717, 1.165) is 30.4 Å². The van der Waals surface area contributed by atoms with Crippen molar-refractivity contribution in [2.75, 3.05) is 0 Å². The maximum absolute atomic E-state index is 12.4. The van der Waals surface area contributed by atoms with Gasteiger partial charge in [-0.15, -0.1) is 4.83 Å². The lowest BCUT2D eigenvalue weighted by atomic mass is 10.00. The van der Waals surface area contributed by atoms with Crippen molar-refractivity contribution in [1.29, 1.82) is 0 Å². The number of sulfonamides is 1. The SMILES string of the molecule is CCCCCCCCCCC=CS(=O)(=O)NNC(c1ccccc1)c1ccccc1. The molecule has 0 spiro atoms. The summed E-state index contributed by atoms with van der Waals surface area (Å²) >= 11 is 0. The third kappa shape index (κ3) is 9.70. The van der Waals surface area contributed by atoms with Crippen molar-refractivity contribution in [1.82, 2.24) is 10.3 Å². The molecule has 0 aliphatic rings. The van der Waals surface area contributed by atoms with Crippen LogP contribution in [-0.2, 0) is 10.0 Å². The van der Waals surface area contributed by atoms with Crippen molar-refractivity contribution in [3.8, 4) is 0 Å². The first-order valence-corrected chi connectivity index (χ1v) is 12.7. The zero-order chi connectivity index (χ0) is 21.5. The maximum Gasteiger partial charge on any atom is 0.246 e. The predicted molar refractivity (Wildman–Crippen MR) is 126 cm³/mol. The molecule has 0 heterocycles. The lowest BCUT2D eigenvalue weighted by Crippen LogP contribution is -2.39. The third-order valence-electron chi connectivity index (χ3n) is 5.11. The number of allylic oxidation sites excluding steroid dienone is 1. The van der Waals surface area contributed by atoms with Crippen LogP contribution in [0.2, 0.25) is 0 Å². The lowest BCUT2D eigenvalue weighted by Gasteiger charge is -2.19. The molecule has 0 fully saturated rings. The van der Waals surface area contributed by atoms with Gasteiger partial charge < -0.3 is 0 Å². The Morgan fingerprint density at radius 1 is 0.767 bits per heavy atom. The van der Waals surface area contributed by atoms with E-state index in [2.05, 4.69) is 17.2 Å². The van der Waals surface area contributed by atoms with Gasteiger partial charge in [-0.1, -0.05) is 119 Å². The lowest BCUT2D eigenvalue weighted by molar-refractivity contribution is 0.536. The Morgan fingerprint density at radius 3 is 1.80 bits per heavy atom. The van der Waals surface area contributed by atoms with E-state index in [-0.39, 0.29) is 6.04 Å². The fourth-order valence-corrected chi connectivity index (χ4v) is 4.16. The van der Waals surface area contributed by atoms with Gasteiger partial charge in [0.1, 0.15) is 0 Å². The number of rotatable bonds is 15. The van der Waals surface area contributed by atoms with E-state index in [1.165, 1.54) is 43.9 Å². The van der Waals surface area contributed by atoms with Gasteiger partial charge in [-0.05, 0) is 24.0 Å². The van der Waals surface area contributed by atoms with Crippen LogP contribution in [0.5, 0.6) is 0 Å². The van der Waals surface area contributed by atoms with E-state index in [1.54, 1.807) is 6.08 Å². The Bertz CT molecular complexity index is 781. The quantitative estimate of drug-likeness (QED) is 0.261. The van der Waals surface area contributed by atoms with E-state index in [0.29, 0.717) is 0 Å². The Hall–Kier alpha value is -1.95. The normalized spacial score (nSPS) is 12.1. The second-order valence-electron chi connectivity index (χ2n) is 7.68. The van der Waals surface area contributed by atoms with E-state index in [4.69, 9.17) is 0 Å². The monoisotopic (exact) mass is 428 g/mol.